The molecule has 122 valence electrons. The Morgan fingerprint density at radius 3 is 3.00 bits per heavy atom. The van der Waals surface area contributed by atoms with E-state index in [0.29, 0.717) is 30.7 Å². The summed E-state index contributed by atoms with van der Waals surface area (Å²) in [6.07, 6.45) is 8.17. The third-order valence-electron chi connectivity index (χ3n) is 4.43. The second kappa shape index (κ2) is 6.69. The molecule has 0 spiro atoms. The van der Waals surface area contributed by atoms with Crippen molar-refractivity contribution in [1.29, 1.82) is 0 Å². The smallest absolute Gasteiger partial charge is 0.191 e. The van der Waals surface area contributed by atoms with E-state index in [1.807, 2.05) is 19.4 Å². The van der Waals surface area contributed by atoms with Crippen LogP contribution in [0.5, 0.6) is 0 Å². The van der Waals surface area contributed by atoms with Crippen molar-refractivity contribution in [2.45, 2.75) is 64.4 Å². The Hall–Kier alpha value is -1.56. The quantitative estimate of drug-likeness (QED) is 0.639. The molecule has 2 aliphatic heterocycles. The number of aliphatic imine (C=N–C) groups is 1. The second-order valence-corrected chi connectivity index (χ2v) is 6.68. The lowest BCUT2D eigenvalue weighted by molar-refractivity contribution is 0.0992. The number of nitrogens with zero attached hydrogens (tertiary/aromatic N) is 3. The molecule has 22 heavy (non-hydrogen) atoms. The Bertz CT molecular complexity index is 524. The minimum absolute atomic E-state index is 0.353. The van der Waals surface area contributed by atoms with Gasteiger partial charge in [0.15, 0.2) is 5.96 Å². The molecule has 3 atom stereocenters. The average Bonchev–Trinajstić information content (AvgIpc) is 3.19. The van der Waals surface area contributed by atoms with E-state index in [2.05, 4.69) is 39.0 Å². The van der Waals surface area contributed by atoms with Gasteiger partial charge in [-0.1, -0.05) is 13.8 Å². The van der Waals surface area contributed by atoms with E-state index < -0.39 is 0 Å². The summed E-state index contributed by atoms with van der Waals surface area (Å²) in [7, 11) is 1.81. The molecule has 6 nitrogen and oxygen atoms in total. The molecule has 2 bridgehead atoms. The van der Waals surface area contributed by atoms with Gasteiger partial charge in [0.25, 0.3) is 0 Å². The molecule has 0 aliphatic carbocycles. The lowest BCUT2D eigenvalue weighted by Crippen LogP contribution is -2.47. The summed E-state index contributed by atoms with van der Waals surface area (Å²) in [5.41, 5.74) is 0. The van der Waals surface area contributed by atoms with Crippen LogP contribution < -0.4 is 10.6 Å². The molecule has 2 aliphatic rings. The van der Waals surface area contributed by atoms with Gasteiger partial charge in [-0.2, -0.15) is 0 Å². The van der Waals surface area contributed by atoms with E-state index in [1.54, 1.807) is 0 Å². The summed E-state index contributed by atoms with van der Waals surface area (Å²) in [5.74, 6) is 2.48. The maximum atomic E-state index is 5.88. The van der Waals surface area contributed by atoms with E-state index in [1.165, 1.54) is 6.42 Å². The minimum Gasteiger partial charge on any atom is -0.373 e. The zero-order valence-corrected chi connectivity index (χ0v) is 13.7. The lowest BCUT2D eigenvalue weighted by Gasteiger charge is -2.22. The van der Waals surface area contributed by atoms with E-state index >= 15 is 0 Å². The third kappa shape index (κ3) is 3.43. The molecule has 6 heteroatoms. The van der Waals surface area contributed by atoms with Gasteiger partial charge >= 0.3 is 0 Å². The van der Waals surface area contributed by atoms with E-state index in [4.69, 9.17) is 4.74 Å². The first-order valence-electron chi connectivity index (χ1n) is 8.28. The standard InChI is InChI=1S/C16H27N5O/c1-11(2)10-21-7-6-18-15(21)9-19-16(17-3)20-13-8-12-4-5-14(13)22-12/h6-7,11-14H,4-5,8-10H2,1-3H3,(H2,17,19,20). The zero-order valence-electron chi connectivity index (χ0n) is 13.7. The number of nitrogens with one attached hydrogen (secondary N) is 2. The van der Waals surface area contributed by atoms with Crippen molar-refractivity contribution in [2.24, 2.45) is 10.9 Å². The number of ether oxygens (including phenoxy) is 1. The highest BCUT2D eigenvalue weighted by Gasteiger charge is 2.41. The van der Waals surface area contributed by atoms with Crippen LogP contribution in [0.4, 0.5) is 0 Å². The van der Waals surface area contributed by atoms with Gasteiger partial charge in [0.2, 0.25) is 0 Å². The molecule has 0 aromatic carbocycles. The highest BCUT2D eigenvalue weighted by molar-refractivity contribution is 5.80. The first-order chi connectivity index (χ1) is 10.7. The predicted octanol–water partition coefficient (Wildman–Crippen LogP) is 1.52. The van der Waals surface area contributed by atoms with Crippen LogP contribution in [0.1, 0.15) is 38.9 Å². The van der Waals surface area contributed by atoms with Crippen LogP contribution in [0.25, 0.3) is 0 Å². The average molecular weight is 305 g/mol. The van der Waals surface area contributed by atoms with Crippen LogP contribution in [-0.4, -0.2) is 40.8 Å². The van der Waals surface area contributed by atoms with Gasteiger partial charge in [-0.3, -0.25) is 4.99 Å². The molecule has 3 heterocycles. The summed E-state index contributed by atoms with van der Waals surface area (Å²) in [5, 5.41) is 6.87. The fourth-order valence-corrected chi connectivity index (χ4v) is 3.39. The number of aromatic nitrogens is 2. The summed E-state index contributed by atoms with van der Waals surface area (Å²) in [6, 6.07) is 0.389. The Morgan fingerprint density at radius 2 is 2.36 bits per heavy atom. The van der Waals surface area contributed by atoms with E-state index in [9.17, 15) is 0 Å². The number of rotatable bonds is 5. The van der Waals surface area contributed by atoms with Crippen LogP contribution in [0.15, 0.2) is 17.4 Å². The zero-order chi connectivity index (χ0) is 15.5. The fourth-order valence-electron chi connectivity index (χ4n) is 3.39. The molecule has 0 radical (unpaired) electrons. The van der Waals surface area contributed by atoms with Crippen LogP contribution in [-0.2, 0) is 17.8 Å². The van der Waals surface area contributed by atoms with Crippen LogP contribution in [0, 0.1) is 5.92 Å². The van der Waals surface area contributed by atoms with Gasteiger partial charge in [0, 0.05) is 26.0 Å². The Morgan fingerprint density at radius 1 is 1.50 bits per heavy atom. The normalized spacial score (nSPS) is 27.6. The van der Waals surface area contributed by atoms with Gasteiger partial charge in [0.1, 0.15) is 5.82 Å². The highest BCUT2D eigenvalue weighted by atomic mass is 16.5. The molecular weight excluding hydrogens is 278 g/mol. The van der Waals surface area contributed by atoms with Crippen molar-refractivity contribution < 1.29 is 4.74 Å². The lowest BCUT2D eigenvalue weighted by atomic mass is 9.96. The molecule has 0 saturated carbocycles. The van der Waals surface area contributed by atoms with Crippen LogP contribution >= 0.6 is 0 Å². The van der Waals surface area contributed by atoms with Crippen molar-refractivity contribution in [3.63, 3.8) is 0 Å². The van der Waals surface area contributed by atoms with Gasteiger partial charge in [0.05, 0.1) is 24.8 Å². The first kappa shape index (κ1) is 15.3. The van der Waals surface area contributed by atoms with E-state index in [0.717, 1.165) is 31.2 Å². The second-order valence-electron chi connectivity index (χ2n) is 6.68. The fraction of sp³-hybridized carbons (Fsp3) is 0.750. The molecule has 3 rings (SSSR count). The largest absolute Gasteiger partial charge is 0.373 e. The van der Waals surface area contributed by atoms with E-state index in [-0.39, 0.29) is 0 Å². The Balaban J connectivity index is 1.52. The topological polar surface area (TPSA) is 63.5 Å². The van der Waals surface area contributed by atoms with Gasteiger partial charge in [-0.25, -0.2) is 4.98 Å². The number of guanidine groups is 1. The molecule has 2 fully saturated rings. The van der Waals surface area contributed by atoms with Crippen molar-refractivity contribution in [3.8, 4) is 0 Å². The van der Waals surface area contributed by atoms with Gasteiger partial charge in [-0.15, -0.1) is 0 Å². The molecule has 3 unspecified atom stereocenters. The van der Waals surface area contributed by atoms with Crippen molar-refractivity contribution in [3.05, 3.63) is 18.2 Å². The molecular formula is C16H27N5O. The summed E-state index contributed by atoms with van der Waals surface area (Å²) in [4.78, 5) is 8.77. The number of hydrogen-bond acceptors (Lipinski definition) is 3. The maximum Gasteiger partial charge on any atom is 0.191 e. The maximum absolute atomic E-state index is 5.88. The van der Waals surface area contributed by atoms with Crippen LogP contribution in [0.2, 0.25) is 0 Å². The van der Waals surface area contributed by atoms with Crippen molar-refractivity contribution in [1.82, 2.24) is 20.2 Å². The van der Waals surface area contributed by atoms with Gasteiger partial charge in [-0.05, 0) is 25.2 Å². The number of fused-ring (bicyclic) bond motifs is 2. The molecule has 1 aromatic heterocycles. The Labute approximate surface area is 132 Å². The summed E-state index contributed by atoms with van der Waals surface area (Å²) < 4.78 is 8.08. The molecule has 1 aromatic rings. The number of imidazole rings is 1. The molecule has 2 saturated heterocycles. The summed E-state index contributed by atoms with van der Waals surface area (Å²) in [6.45, 7) is 6.10. The Kier molecular flexibility index (Phi) is 4.66. The van der Waals surface area contributed by atoms with Crippen LogP contribution in [0.3, 0.4) is 0 Å². The minimum atomic E-state index is 0.353. The SMILES string of the molecule is CN=C(NCc1nccn1CC(C)C)NC1CC2CCC1O2. The third-order valence-corrected chi connectivity index (χ3v) is 4.43. The van der Waals surface area contributed by atoms with Gasteiger partial charge < -0.3 is 19.9 Å². The molecule has 2 N–H and O–H groups in total. The first-order valence-corrected chi connectivity index (χ1v) is 8.28. The van der Waals surface area contributed by atoms with Crippen molar-refractivity contribution in [2.75, 3.05) is 7.05 Å². The molecule has 0 amide bonds. The predicted molar refractivity (Wildman–Crippen MR) is 86.7 cm³/mol. The number of hydrogen-bond donors (Lipinski definition) is 2. The monoisotopic (exact) mass is 305 g/mol. The highest BCUT2D eigenvalue weighted by Crippen LogP contribution is 2.34. The summed E-state index contributed by atoms with van der Waals surface area (Å²) >= 11 is 0. The van der Waals surface area contributed by atoms with Crippen molar-refractivity contribution >= 4 is 5.96 Å².